The van der Waals surface area contributed by atoms with Gasteiger partial charge in [-0.15, -0.1) is 12.4 Å². The van der Waals surface area contributed by atoms with Gasteiger partial charge in [0.15, 0.2) is 5.69 Å². The van der Waals surface area contributed by atoms with Crippen molar-refractivity contribution >= 4 is 29.9 Å². The van der Waals surface area contributed by atoms with Crippen LogP contribution in [0.1, 0.15) is 41.2 Å². The van der Waals surface area contributed by atoms with Crippen molar-refractivity contribution in [1.82, 2.24) is 20.8 Å². The standard InChI is InChI=1S/C17H20ClFN4O.ClH/c1-17(2,12-4-3-10(19)7-13(12)18)9-21-16(24)15-11-8-20-6-5-14(11)22-23-15;/h3-4,7,20H,5-6,8-9H2,1-2H3,(H,21,24)(H,22,23);1H. The molecule has 0 radical (unpaired) electrons. The van der Waals surface area contributed by atoms with Crippen molar-refractivity contribution in [3.8, 4) is 0 Å². The molecular formula is C17H21Cl2FN4O. The molecule has 8 heteroatoms. The molecule has 0 saturated heterocycles. The van der Waals surface area contributed by atoms with E-state index in [0.717, 1.165) is 29.8 Å². The smallest absolute Gasteiger partial charge is 0.272 e. The highest BCUT2D eigenvalue weighted by atomic mass is 35.5. The third kappa shape index (κ3) is 4.14. The zero-order chi connectivity index (χ0) is 17.3. The summed E-state index contributed by atoms with van der Waals surface area (Å²) in [5.74, 6) is -0.596. The summed E-state index contributed by atoms with van der Waals surface area (Å²) in [4.78, 5) is 12.5. The van der Waals surface area contributed by atoms with E-state index in [9.17, 15) is 9.18 Å². The number of fused-ring (bicyclic) bond motifs is 1. The molecule has 1 aromatic heterocycles. The van der Waals surface area contributed by atoms with Gasteiger partial charge in [-0.05, 0) is 17.7 Å². The summed E-state index contributed by atoms with van der Waals surface area (Å²) in [6.07, 6.45) is 0.840. The molecule has 136 valence electrons. The largest absolute Gasteiger partial charge is 0.350 e. The van der Waals surface area contributed by atoms with Gasteiger partial charge >= 0.3 is 0 Å². The number of halogens is 3. The summed E-state index contributed by atoms with van der Waals surface area (Å²) in [6, 6.07) is 4.32. The molecule has 0 unspecified atom stereocenters. The van der Waals surface area contributed by atoms with Crippen molar-refractivity contribution in [2.45, 2.75) is 32.2 Å². The first kappa shape index (κ1) is 19.7. The number of hydrogen-bond acceptors (Lipinski definition) is 3. The van der Waals surface area contributed by atoms with E-state index in [-0.39, 0.29) is 24.1 Å². The lowest BCUT2D eigenvalue weighted by Gasteiger charge is -2.26. The minimum Gasteiger partial charge on any atom is -0.350 e. The van der Waals surface area contributed by atoms with Crippen LogP contribution in [0.2, 0.25) is 5.02 Å². The van der Waals surface area contributed by atoms with Crippen molar-refractivity contribution < 1.29 is 9.18 Å². The van der Waals surface area contributed by atoms with Gasteiger partial charge in [0.25, 0.3) is 5.91 Å². The van der Waals surface area contributed by atoms with E-state index in [1.807, 2.05) is 13.8 Å². The zero-order valence-corrected chi connectivity index (χ0v) is 15.7. The average molecular weight is 387 g/mol. The molecule has 0 aliphatic carbocycles. The number of aromatic nitrogens is 2. The maximum absolute atomic E-state index is 13.2. The van der Waals surface area contributed by atoms with Crippen LogP contribution < -0.4 is 10.6 Å². The van der Waals surface area contributed by atoms with Gasteiger partial charge in [-0.3, -0.25) is 9.89 Å². The summed E-state index contributed by atoms with van der Waals surface area (Å²) < 4.78 is 13.2. The molecule has 1 aliphatic heterocycles. The SMILES string of the molecule is CC(C)(CNC(=O)c1n[nH]c2c1CNCC2)c1ccc(F)cc1Cl.Cl. The summed E-state index contributed by atoms with van der Waals surface area (Å²) in [6.45, 7) is 5.79. The number of carbonyl (C=O) groups excluding carboxylic acids is 1. The van der Waals surface area contributed by atoms with Crippen LogP contribution in [-0.4, -0.2) is 29.2 Å². The van der Waals surface area contributed by atoms with Gasteiger partial charge < -0.3 is 10.6 Å². The average Bonchev–Trinajstić information content (AvgIpc) is 2.96. The van der Waals surface area contributed by atoms with Crippen LogP contribution in [0, 0.1) is 5.82 Å². The van der Waals surface area contributed by atoms with Crippen LogP contribution >= 0.6 is 24.0 Å². The monoisotopic (exact) mass is 386 g/mol. The quantitative estimate of drug-likeness (QED) is 0.756. The minimum absolute atomic E-state index is 0. The van der Waals surface area contributed by atoms with Gasteiger partial charge in [-0.25, -0.2) is 4.39 Å². The van der Waals surface area contributed by atoms with Crippen molar-refractivity contribution in [1.29, 1.82) is 0 Å². The highest BCUT2D eigenvalue weighted by molar-refractivity contribution is 6.31. The number of carbonyl (C=O) groups is 1. The Bertz CT molecular complexity index is 776. The molecule has 0 spiro atoms. The number of hydrogen-bond donors (Lipinski definition) is 3. The number of nitrogens with one attached hydrogen (secondary N) is 3. The molecule has 0 bridgehead atoms. The Morgan fingerprint density at radius 2 is 2.20 bits per heavy atom. The summed E-state index contributed by atoms with van der Waals surface area (Å²) >= 11 is 6.15. The number of nitrogens with zero attached hydrogens (tertiary/aromatic N) is 1. The second-order valence-corrected chi connectivity index (χ2v) is 7.05. The fourth-order valence-electron chi connectivity index (χ4n) is 2.93. The van der Waals surface area contributed by atoms with Gasteiger partial charge in [0.1, 0.15) is 5.82 Å². The normalized spacial score (nSPS) is 13.8. The number of benzene rings is 1. The topological polar surface area (TPSA) is 69.8 Å². The molecule has 0 fully saturated rings. The van der Waals surface area contributed by atoms with E-state index in [2.05, 4.69) is 20.8 Å². The van der Waals surface area contributed by atoms with Crippen LogP contribution in [0.5, 0.6) is 0 Å². The lowest BCUT2D eigenvalue weighted by Crippen LogP contribution is -2.37. The molecule has 2 aromatic rings. The van der Waals surface area contributed by atoms with Crippen LogP contribution in [0.25, 0.3) is 0 Å². The molecule has 1 amide bonds. The molecule has 1 aliphatic rings. The number of rotatable bonds is 4. The van der Waals surface area contributed by atoms with Crippen LogP contribution in [0.3, 0.4) is 0 Å². The molecule has 5 nitrogen and oxygen atoms in total. The van der Waals surface area contributed by atoms with Gasteiger partial charge in [-0.2, -0.15) is 5.10 Å². The first-order valence-corrected chi connectivity index (χ1v) is 8.27. The Morgan fingerprint density at radius 1 is 1.44 bits per heavy atom. The summed E-state index contributed by atoms with van der Waals surface area (Å²) in [5, 5.41) is 13.6. The van der Waals surface area contributed by atoms with Crippen molar-refractivity contribution in [2.24, 2.45) is 0 Å². The highest BCUT2D eigenvalue weighted by Gasteiger charge is 2.27. The lowest BCUT2D eigenvalue weighted by atomic mass is 9.84. The van der Waals surface area contributed by atoms with E-state index in [4.69, 9.17) is 11.6 Å². The highest BCUT2D eigenvalue weighted by Crippen LogP contribution is 2.30. The molecule has 1 aromatic carbocycles. The Hall–Kier alpha value is -1.63. The molecular weight excluding hydrogens is 366 g/mol. The predicted molar refractivity (Wildman–Crippen MR) is 98.0 cm³/mol. The Balaban J connectivity index is 0.00000225. The van der Waals surface area contributed by atoms with E-state index in [0.29, 0.717) is 23.8 Å². The molecule has 25 heavy (non-hydrogen) atoms. The second kappa shape index (κ2) is 7.72. The third-order valence-corrected chi connectivity index (χ3v) is 4.69. The fraction of sp³-hybridized carbons (Fsp3) is 0.412. The second-order valence-electron chi connectivity index (χ2n) is 6.65. The van der Waals surface area contributed by atoms with Crippen molar-refractivity contribution in [3.63, 3.8) is 0 Å². The van der Waals surface area contributed by atoms with Crippen LogP contribution in [0.4, 0.5) is 4.39 Å². The van der Waals surface area contributed by atoms with E-state index >= 15 is 0 Å². The van der Waals surface area contributed by atoms with Gasteiger partial charge in [-0.1, -0.05) is 31.5 Å². The van der Waals surface area contributed by atoms with E-state index in [1.54, 1.807) is 6.07 Å². The fourth-order valence-corrected chi connectivity index (χ4v) is 3.35. The summed E-state index contributed by atoms with van der Waals surface area (Å²) in [7, 11) is 0. The molecule has 2 heterocycles. The maximum Gasteiger partial charge on any atom is 0.272 e. The summed E-state index contributed by atoms with van der Waals surface area (Å²) in [5.41, 5.74) is 2.72. The Kier molecular flexibility index (Phi) is 6.08. The van der Waals surface area contributed by atoms with Gasteiger partial charge in [0, 0.05) is 47.8 Å². The number of H-pyrrole nitrogens is 1. The van der Waals surface area contributed by atoms with Crippen LogP contribution in [-0.2, 0) is 18.4 Å². The first-order valence-electron chi connectivity index (χ1n) is 7.89. The Labute approximate surface area is 157 Å². The van der Waals surface area contributed by atoms with Gasteiger partial charge in [0.05, 0.1) is 0 Å². The molecule has 0 atom stereocenters. The van der Waals surface area contributed by atoms with Crippen molar-refractivity contribution in [2.75, 3.05) is 13.1 Å². The van der Waals surface area contributed by atoms with E-state index in [1.165, 1.54) is 12.1 Å². The predicted octanol–water partition coefficient (Wildman–Crippen LogP) is 2.98. The maximum atomic E-state index is 13.2. The van der Waals surface area contributed by atoms with Gasteiger partial charge in [0.2, 0.25) is 0 Å². The van der Waals surface area contributed by atoms with Crippen LogP contribution in [0.15, 0.2) is 18.2 Å². The van der Waals surface area contributed by atoms with Crippen molar-refractivity contribution in [3.05, 3.63) is 51.6 Å². The molecule has 0 saturated carbocycles. The van der Waals surface area contributed by atoms with E-state index < -0.39 is 5.41 Å². The molecule has 3 rings (SSSR count). The number of amides is 1. The Morgan fingerprint density at radius 3 is 2.92 bits per heavy atom. The number of aromatic amines is 1. The molecule has 3 N–H and O–H groups in total. The zero-order valence-electron chi connectivity index (χ0n) is 14.1. The minimum atomic E-state index is -0.435. The third-order valence-electron chi connectivity index (χ3n) is 4.37. The first-order chi connectivity index (χ1) is 11.4. The lowest BCUT2D eigenvalue weighted by molar-refractivity contribution is 0.0939.